The Bertz CT molecular complexity index is 454. The van der Waals surface area contributed by atoms with Gasteiger partial charge in [-0.05, 0) is 24.3 Å². The zero-order chi connectivity index (χ0) is 10.5. The fraction of sp³-hybridized carbons (Fsp3) is 0. The van der Waals surface area contributed by atoms with E-state index in [2.05, 4.69) is 10.3 Å². The van der Waals surface area contributed by atoms with E-state index in [1.54, 1.807) is 12.3 Å². The van der Waals surface area contributed by atoms with Crippen LogP contribution in [0.4, 0.5) is 11.5 Å². The van der Waals surface area contributed by atoms with E-state index in [-0.39, 0.29) is 0 Å². The van der Waals surface area contributed by atoms with Gasteiger partial charge in [-0.25, -0.2) is 4.98 Å². The Labute approximate surface area is 87.8 Å². The van der Waals surface area contributed by atoms with Crippen LogP contribution in [0.25, 0.3) is 0 Å². The minimum atomic E-state index is 0.628. The molecule has 0 aliphatic carbocycles. The van der Waals surface area contributed by atoms with Crippen LogP contribution in [0, 0.1) is 0 Å². The summed E-state index contributed by atoms with van der Waals surface area (Å²) in [5.41, 5.74) is 1.40. The largest absolute Gasteiger partial charge is 0.340 e. The van der Waals surface area contributed by atoms with Gasteiger partial charge in [0.1, 0.15) is 5.82 Å². The number of carbonyl (C=O) groups excluding carboxylic acids is 1. The number of carbonyl (C=O) groups is 1. The number of nitrogens with one attached hydrogen (secondary N) is 1. The maximum atomic E-state index is 10.8. The average molecular weight is 198 g/mol. The van der Waals surface area contributed by atoms with Gasteiger partial charge in [-0.1, -0.05) is 18.2 Å². The Balaban J connectivity index is 2.28. The number of anilines is 2. The summed E-state index contributed by atoms with van der Waals surface area (Å²) in [5, 5.41) is 3.08. The van der Waals surface area contributed by atoms with Gasteiger partial charge in [-0.3, -0.25) is 4.79 Å². The molecule has 2 rings (SSSR count). The van der Waals surface area contributed by atoms with Crippen LogP contribution in [-0.4, -0.2) is 11.3 Å². The van der Waals surface area contributed by atoms with E-state index < -0.39 is 0 Å². The lowest BCUT2D eigenvalue weighted by molar-refractivity contribution is 0.112. The number of aromatic nitrogens is 1. The van der Waals surface area contributed by atoms with Gasteiger partial charge in [0.25, 0.3) is 0 Å². The number of nitrogens with zero attached hydrogens (tertiary/aromatic N) is 1. The summed E-state index contributed by atoms with van der Waals surface area (Å²) in [7, 11) is 0. The predicted octanol–water partition coefficient (Wildman–Crippen LogP) is 2.64. The van der Waals surface area contributed by atoms with Crippen LogP contribution in [0.1, 0.15) is 10.4 Å². The van der Waals surface area contributed by atoms with Crippen molar-refractivity contribution in [1.82, 2.24) is 4.98 Å². The molecule has 1 heterocycles. The van der Waals surface area contributed by atoms with E-state index in [0.29, 0.717) is 5.56 Å². The van der Waals surface area contributed by atoms with Crippen molar-refractivity contribution in [2.45, 2.75) is 0 Å². The Morgan fingerprint density at radius 2 is 1.87 bits per heavy atom. The molecule has 1 N–H and O–H groups in total. The molecular weight excluding hydrogens is 188 g/mol. The summed E-state index contributed by atoms with van der Waals surface area (Å²) < 4.78 is 0. The maximum absolute atomic E-state index is 10.8. The summed E-state index contributed by atoms with van der Waals surface area (Å²) >= 11 is 0. The predicted molar refractivity (Wildman–Crippen MR) is 59.3 cm³/mol. The maximum Gasteiger partial charge on any atom is 0.152 e. The molecule has 0 spiro atoms. The number of hydrogen-bond donors (Lipinski definition) is 1. The first-order valence-corrected chi connectivity index (χ1v) is 4.62. The Kier molecular flexibility index (Phi) is 2.74. The van der Waals surface area contributed by atoms with Crippen LogP contribution in [-0.2, 0) is 0 Å². The van der Waals surface area contributed by atoms with Crippen molar-refractivity contribution in [2.24, 2.45) is 0 Å². The highest BCUT2D eigenvalue weighted by Gasteiger charge is 2.00. The minimum absolute atomic E-state index is 0.628. The number of para-hydroxylation sites is 1. The monoisotopic (exact) mass is 198 g/mol. The highest BCUT2D eigenvalue weighted by Crippen LogP contribution is 2.17. The topological polar surface area (TPSA) is 42.0 Å². The second-order valence-electron chi connectivity index (χ2n) is 3.05. The SMILES string of the molecule is O=Cc1ccccc1Nc1ccccn1. The van der Waals surface area contributed by atoms with Gasteiger partial charge >= 0.3 is 0 Å². The van der Waals surface area contributed by atoms with Crippen LogP contribution < -0.4 is 5.32 Å². The van der Waals surface area contributed by atoms with Gasteiger partial charge in [0, 0.05) is 11.8 Å². The van der Waals surface area contributed by atoms with Crippen molar-refractivity contribution in [3.63, 3.8) is 0 Å². The number of hydrogen-bond acceptors (Lipinski definition) is 3. The molecule has 0 fully saturated rings. The molecule has 0 bridgehead atoms. The van der Waals surface area contributed by atoms with E-state index in [4.69, 9.17) is 0 Å². The van der Waals surface area contributed by atoms with Gasteiger partial charge in [0.05, 0.1) is 5.69 Å². The highest BCUT2D eigenvalue weighted by atomic mass is 16.1. The van der Waals surface area contributed by atoms with E-state index in [1.807, 2.05) is 36.4 Å². The molecule has 0 saturated heterocycles. The van der Waals surface area contributed by atoms with E-state index >= 15 is 0 Å². The minimum Gasteiger partial charge on any atom is -0.340 e. The second kappa shape index (κ2) is 4.37. The van der Waals surface area contributed by atoms with Gasteiger partial charge in [0.2, 0.25) is 0 Å². The first-order valence-electron chi connectivity index (χ1n) is 4.62. The molecule has 15 heavy (non-hydrogen) atoms. The molecule has 0 aliphatic rings. The Hall–Kier alpha value is -2.16. The summed E-state index contributed by atoms with van der Waals surface area (Å²) in [6.45, 7) is 0. The fourth-order valence-corrected chi connectivity index (χ4v) is 1.29. The van der Waals surface area contributed by atoms with Gasteiger partial charge in [-0.15, -0.1) is 0 Å². The third kappa shape index (κ3) is 2.20. The zero-order valence-electron chi connectivity index (χ0n) is 8.05. The number of benzene rings is 1. The van der Waals surface area contributed by atoms with Gasteiger partial charge < -0.3 is 5.32 Å². The lowest BCUT2D eigenvalue weighted by Gasteiger charge is -2.06. The third-order valence-corrected chi connectivity index (χ3v) is 2.02. The van der Waals surface area contributed by atoms with Crippen LogP contribution in [0.2, 0.25) is 0 Å². The van der Waals surface area contributed by atoms with Crippen molar-refractivity contribution in [3.8, 4) is 0 Å². The fourth-order valence-electron chi connectivity index (χ4n) is 1.29. The number of rotatable bonds is 3. The van der Waals surface area contributed by atoms with Crippen LogP contribution >= 0.6 is 0 Å². The third-order valence-electron chi connectivity index (χ3n) is 2.02. The van der Waals surface area contributed by atoms with Crippen LogP contribution in [0.15, 0.2) is 48.7 Å². The first-order chi connectivity index (χ1) is 7.40. The smallest absolute Gasteiger partial charge is 0.152 e. The van der Waals surface area contributed by atoms with Crippen LogP contribution in [0.5, 0.6) is 0 Å². The molecule has 3 heteroatoms. The molecule has 2 aromatic rings. The number of aldehydes is 1. The summed E-state index contributed by atoms with van der Waals surface area (Å²) in [6.07, 6.45) is 2.52. The Morgan fingerprint density at radius 1 is 1.07 bits per heavy atom. The van der Waals surface area contributed by atoms with Crippen molar-refractivity contribution in [3.05, 3.63) is 54.2 Å². The van der Waals surface area contributed by atoms with E-state index in [9.17, 15) is 4.79 Å². The highest BCUT2D eigenvalue weighted by molar-refractivity contribution is 5.85. The number of pyridine rings is 1. The lowest BCUT2D eigenvalue weighted by Crippen LogP contribution is -1.96. The molecule has 0 saturated carbocycles. The summed E-state index contributed by atoms with van der Waals surface area (Å²) in [6, 6.07) is 12.9. The Morgan fingerprint density at radius 3 is 2.60 bits per heavy atom. The normalized spacial score (nSPS) is 9.60. The summed E-state index contributed by atoms with van der Waals surface area (Å²) in [4.78, 5) is 14.9. The van der Waals surface area contributed by atoms with E-state index in [1.165, 1.54) is 0 Å². The summed E-state index contributed by atoms with van der Waals surface area (Å²) in [5.74, 6) is 0.729. The molecule has 1 aromatic carbocycles. The molecule has 3 nitrogen and oxygen atoms in total. The average Bonchev–Trinajstić information content (AvgIpc) is 2.31. The quantitative estimate of drug-likeness (QED) is 0.771. The van der Waals surface area contributed by atoms with Gasteiger partial charge in [-0.2, -0.15) is 0 Å². The first kappa shape index (κ1) is 9.40. The van der Waals surface area contributed by atoms with Crippen molar-refractivity contribution in [2.75, 3.05) is 5.32 Å². The van der Waals surface area contributed by atoms with Crippen molar-refractivity contribution < 1.29 is 4.79 Å². The zero-order valence-corrected chi connectivity index (χ0v) is 8.05. The molecular formula is C12H10N2O. The van der Waals surface area contributed by atoms with Crippen LogP contribution in [0.3, 0.4) is 0 Å². The molecule has 74 valence electrons. The van der Waals surface area contributed by atoms with Crippen molar-refractivity contribution >= 4 is 17.8 Å². The molecule has 1 aromatic heterocycles. The molecule has 0 amide bonds. The van der Waals surface area contributed by atoms with E-state index in [0.717, 1.165) is 17.8 Å². The molecule has 0 radical (unpaired) electrons. The molecule has 0 unspecified atom stereocenters. The molecule has 0 atom stereocenters. The van der Waals surface area contributed by atoms with Gasteiger partial charge in [0.15, 0.2) is 6.29 Å². The van der Waals surface area contributed by atoms with Crippen molar-refractivity contribution in [1.29, 1.82) is 0 Å². The standard InChI is InChI=1S/C12H10N2O/c15-9-10-5-1-2-6-11(10)14-12-7-3-4-8-13-12/h1-9H,(H,13,14). The second-order valence-corrected chi connectivity index (χ2v) is 3.05. The lowest BCUT2D eigenvalue weighted by atomic mass is 10.2. The molecule has 0 aliphatic heterocycles.